The normalized spacial score (nSPS) is 20.0. The minimum Gasteiger partial charge on any atom is -0.393 e. The Bertz CT molecular complexity index is 978. The molecule has 0 saturated heterocycles. The number of halogens is 1. The van der Waals surface area contributed by atoms with Gasteiger partial charge in [0.1, 0.15) is 11.5 Å². The molecule has 1 fully saturated rings. The standard InChI is InChI=1S/C19H20FN5O2/c1-25-16-7-2-12(20)8-15(16)17(24-25)18-21-9-11(10-22-18)19(27)23-13-3-5-14(26)6-4-13/h2,7-10,13-14,26H,3-6H2,1H3,(H,23,27). The Kier molecular flexibility index (Phi) is 4.57. The molecule has 4 rings (SSSR count). The predicted octanol–water partition coefficient (Wildman–Crippen LogP) is 2.20. The van der Waals surface area contributed by atoms with Crippen molar-refractivity contribution in [2.75, 3.05) is 0 Å². The van der Waals surface area contributed by atoms with Crippen LogP contribution in [0, 0.1) is 5.82 Å². The average molecular weight is 369 g/mol. The average Bonchev–Trinajstić information content (AvgIpc) is 2.99. The topological polar surface area (TPSA) is 92.9 Å². The molecule has 2 heterocycles. The quantitative estimate of drug-likeness (QED) is 0.738. The third kappa shape index (κ3) is 3.52. The molecule has 0 spiro atoms. The number of aliphatic hydroxyl groups excluding tert-OH is 1. The summed E-state index contributed by atoms with van der Waals surface area (Å²) in [6.45, 7) is 0. The van der Waals surface area contributed by atoms with Crippen LogP contribution in [0.4, 0.5) is 4.39 Å². The monoisotopic (exact) mass is 369 g/mol. The van der Waals surface area contributed by atoms with Gasteiger partial charge in [-0.25, -0.2) is 14.4 Å². The lowest BCUT2D eigenvalue weighted by molar-refractivity contribution is 0.0867. The van der Waals surface area contributed by atoms with E-state index in [-0.39, 0.29) is 23.9 Å². The molecule has 0 aliphatic heterocycles. The molecular formula is C19H20FN5O2. The van der Waals surface area contributed by atoms with Crippen LogP contribution in [0.15, 0.2) is 30.6 Å². The first kappa shape index (κ1) is 17.5. The largest absolute Gasteiger partial charge is 0.393 e. The number of rotatable bonds is 3. The van der Waals surface area contributed by atoms with Gasteiger partial charge in [0.2, 0.25) is 0 Å². The minimum atomic E-state index is -0.356. The van der Waals surface area contributed by atoms with E-state index < -0.39 is 0 Å². The van der Waals surface area contributed by atoms with Crippen LogP contribution < -0.4 is 5.32 Å². The summed E-state index contributed by atoms with van der Waals surface area (Å²) >= 11 is 0. The first-order valence-corrected chi connectivity index (χ1v) is 8.95. The Morgan fingerprint density at radius 2 is 1.93 bits per heavy atom. The summed E-state index contributed by atoms with van der Waals surface area (Å²) in [5.41, 5.74) is 1.60. The fourth-order valence-corrected chi connectivity index (χ4v) is 3.46. The van der Waals surface area contributed by atoms with Gasteiger partial charge in [-0.15, -0.1) is 0 Å². The van der Waals surface area contributed by atoms with E-state index in [0.29, 0.717) is 35.3 Å². The van der Waals surface area contributed by atoms with Crippen molar-refractivity contribution >= 4 is 16.8 Å². The number of nitrogens with zero attached hydrogens (tertiary/aromatic N) is 4. The zero-order valence-corrected chi connectivity index (χ0v) is 14.9. The minimum absolute atomic E-state index is 0.0586. The van der Waals surface area contributed by atoms with Crippen LogP contribution in [0.25, 0.3) is 22.4 Å². The molecule has 1 aliphatic carbocycles. The zero-order chi connectivity index (χ0) is 19.0. The van der Waals surface area contributed by atoms with E-state index in [2.05, 4.69) is 20.4 Å². The molecule has 1 aromatic carbocycles. The maximum absolute atomic E-state index is 13.6. The van der Waals surface area contributed by atoms with E-state index in [4.69, 9.17) is 0 Å². The van der Waals surface area contributed by atoms with Crippen molar-refractivity contribution in [3.63, 3.8) is 0 Å². The summed E-state index contributed by atoms with van der Waals surface area (Å²) in [5, 5.41) is 17.5. The van der Waals surface area contributed by atoms with Gasteiger partial charge < -0.3 is 10.4 Å². The molecule has 27 heavy (non-hydrogen) atoms. The van der Waals surface area contributed by atoms with Crippen molar-refractivity contribution < 1.29 is 14.3 Å². The Morgan fingerprint density at radius 1 is 1.22 bits per heavy atom. The van der Waals surface area contributed by atoms with Gasteiger partial charge in [-0.2, -0.15) is 5.10 Å². The first-order chi connectivity index (χ1) is 13.0. The predicted molar refractivity (Wildman–Crippen MR) is 97.4 cm³/mol. The van der Waals surface area contributed by atoms with Crippen LogP contribution in [-0.2, 0) is 7.05 Å². The highest BCUT2D eigenvalue weighted by atomic mass is 19.1. The molecule has 3 aromatic rings. The molecule has 0 bridgehead atoms. The van der Waals surface area contributed by atoms with E-state index in [0.717, 1.165) is 18.4 Å². The number of aliphatic hydroxyl groups is 1. The molecule has 2 N–H and O–H groups in total. The van der Waals surface area contributed by atoms with Crippen molar-refractivity contribution in [3.8, 4) is 11.5 Å². The molecule has 1 amide bonds. The molecule has 7 nitrogen and oxygen atoms in total. The van der Waals surface area contributed by atoms with Crippen molar-refractivity contribution in [3.05, 3.63) is 42.0 Å². The van der Waals surface area contributed by atoms with E-state index >= 15 is 0 Å². The second kappa shape index (κ2) is 7.03. The van der Waals surface area contributed by atoms with Crippen LogP contribution in [-0.4, -0.2) is 42.9 Å². The summed E-state index contributed by atoms with van der Waals surface area (Å²) in [6, 6.07) is 4.50. The molecule has 2 aromatic heterocycles. The van der Waals surface area contributed by atoms with Gasteiger partial charge in [0.05, 0.1) is 17.2 Å². The summed E-state index contributed by atoms with van der Waals surface area (Å²) in [4.78, 5) is 20.9. The molecule has 1 aliphatic rings. The summed E-state index contributed by atoms with van der Waals surface area (Å²) < 4.78 is 15.3. The Hall–Kier alpha value is -2.87. The van der Waals surface area contributed by atoms with Crippen molar-refractivity contribution in [2.24, 2.45) is 7.05 Å². The number of hydrogen-bond donors (Lipinski definition) is 2. The Labute approximate surface area is 155 Å². The highest BCUT2D eigenvalue weighted by Gasteiger charge is 2.22. The molecule has 0 radical (unpaired) electrons. The lowest BCUT2D eigenvalue weighted by Crippen LogP contribution is -2.38. The molecule has 1 saturated carbocycles. The third-order valence-corrected chi connectivity index (χ3v) is 4.97. The molecular weight excluding hydrogens is 349 g/mol. The van der Waals surface area contributed by atoms with Gasteiger partial charge in [0.15, 0.2) is 5.82 Å². The highest BCUT2D eigenvalue weighted by Crippen LogP contribution is 2.26. The number of hydrogen-bond acceptors (Lipinski definition) is 5. The van der Waals surface area contributed by atoms with E-state index in [9.17, 15) is 14.3 Å². The lowest BCUT2D eigenvalue weighted by Gasteiger charge is -2.26. The fourth-order valence-electron chi connectivity index (χ4n) is 3.46. The fraction of sp³-hybridized carbons (Fsp3) is 0.368. The van der Waals surface area contributed by atoms with Crippen LogP contribution in [0.1, 0.15) is 36.0 Å². The third-order valence-electron chi connectivity index (χ3n) is 4.97. The van der Waals surface area contributed by atoms with E-state index in [1.54, 1.807) is 17.8 Å². The summed E-state index contributed by atoms with van der Waals surface area (Å²) in [6.07, 6.45) is 5.56. The zero-order valence-electron chi connectivity index (χ0n) is 14.9. The smallest absolute Gasteiger partial charge is 0.254 e. The molecule has 0 unspecified atom stereocenters. The number of benzene rings is 1. The molecule has 140 valence electrons. The van der Waals surface area contributed by atoms with Gasteiger partial charge in [0.25, 0.3) is 5.91 Å². The number of nitrogens with one attached hydrogen (secondary N) is 1. The number of fused-ring (bicyclic) bond motifs is 1. The first-order valence-electron chi connectivity index (χ1n) is 8.95. The van der Waals surface area contributed by atoms with Gasteiger partial charge in [-0.3, -0.25) is 9.48 Å². The Balaban J connectivity index is 1.54. The van der Waals surface area contributed by atoms with Crippen LogP contribution in [0.2, 0.25) is 0 Å². The van der Waals surface area contributed by atoms with E-state index in [1.807, 2.05) is 0 Å². The molecule has 8 heteroatoms. The van der Waals surface area contributed by atoms with Crippen LogP contribution >= 0.6 is 0 Å². The maximum Gasteiger partial charge on any atom is 0.254 e. The van der Waals surface area contributed by atoms with Crippen molar-refractivity contribution in [1.29, 1.82) is 0 Å². The van der Waals surface area contributed by atoms with Gasteiger partial charge in [-0.05, 0) is 43.9 Å². The number of carbonyl (C=O) groups excluding carboxylic acids is 1. The number of aryl methyl sites for hydroxylation is 1. The number of carbonyl (C=O) groups is 1. The SMILES string of the molecule is Cn1nc(-c2ncc(C(=O)NC3CCC(O)CC3)cn2)c2cc(F)ccc21. The molecule has 0 atom stereocenters. The number of amides is 1. The van der Waals surface area contributed by atoms with Gasteiger partial charge >= 0.3 is 0 Å². The van der Waals surface area contributed by atoms with E-state index in [1.165, 1.54) is 24.5 Å². The van der Waals surface area contributed by atoms with Crippen LogP contribution in [0.3, 0.4) is 0 Å². The van der Waals surface area contributed by atoms with Gasteiger partial charge in [-0.1, -0.05) is 0 Å². The summed E-state index contributed by atoms with van der Waals surface area (Å²) in [5.74, 6) is -0.256. The van der Waals surface area contributed by atoms with Crippen LogP contribution in [0.5, 0.6) is 0 Å². The van der Waals surface area contributed by atoms with Crippen molar-refractivity contribution in [1.82, 2.24) is 25.1 Å². The number of aromatic nitrogens is 4. The lowest BCUT2D eigenvalue weighted by atomic mass is 9.93. The van der Waals surface area contributed by atoms with Gasteiger partial charge in [0, 0.05) is 30.9 Å². The maximum atomic E-state index is 13.6. The highest BCUT2D eigenvalue weighted by molar-refractivity contribution is 5.94. The Morgan fingerprint density at radius 3 is 2.63 bits per heavy atom. The second-order valence-electron chi connectivity index (χ2n) is 6.91. The second-order valence-corrected chi connectivity index (χ2v) is 6.91. The van der Waals surface area contributed by atoms with Crippen molar-refractivity contribution in [2.45, 2.75) is 37.8 Å². The summed E-state index contributed by atoms with van der Waals surface area (Å²) in [7, 11) is 1.77.